The maximum Gasteiger partial charge on any atom is 0.131 e. The highest BCUT2D eigenvalue weighted by atomic mass is 16.3. The van der Waals surface area contributed by atoms with Crippen LogP contribution in [0.1, 0.15) is 36.5 Å². The molecular weight excluding hydrogens is 332 g/mol. The van der Waals surface area contributed by atoms with Gasteiger partial charge in [-0.15, -0.1) is 0 Å². The first-order chi connectivity index (χ1) is 13.3. The maximum atomic E-state index is 11.6. The van der Waals surface area contributed by atoms with Gasteiger partial charge in [0.25, 0.3) is 0 Å². The highest BCUT2D eigenvalue weighted by Crippen LogP contribution is 2.45. The van der Waals surface area contributed by atoms with Crippen molar-refractivity contribution in [2.75, 3.05) is 13.1 Å². The van der Waals surface area contributed by atoms with E-state index in [1.165, 1.54) is 31.5 Å². The van der Waals surface area contributed by atoms with Crippen LogP contribution in [0.25, 0.3) is 10.9 Å². The number of aliphatic hydroxyl groups is 1. The molecule has 1 N–H and O–H groups in total. The number of pyridine rings is 1. The van der Waals surface area contributed by atoms with E-state index in [4.69, 9.17) is 0 Å². The molecule has 2 bridgehead atoms. The molecule has 0 saturated carbocycles. The van der Waals surface area contributed by atoms with Crippen LogP contribution in [0.2, 0.25) is 0 Å². The molecule has 4 heterocycles. The summed E-state index contributed by atoms with van der Waals surface area (Å²) in [5.74, 6) is 0.772. The number of fused-ring (bicyclic) bond motifs is 4. The molecule has 0 radical (unpaired) electrons. The van der Waals surface area contributed by atoms with Crippen LogP contribution in [0.4, 0.5) is 0 Å². The molecule has 0 amide bonds. The predicted molar refractivity (Wildman–Crippen MR) is 108 cm³/mol. The number of hydrogen-bond donors (Lipinski definition) is 1. The SMILES string of the molecule is O[C@@H](c1ccnc2ccccc12)[C@H]1CC2CC[N+]1(Cc1ccccc1)CC2. The number of aliphatic hydroxyl groups excluding tert-OH is 1. The molecule has 3 nitrogen and oxygen atoms in total. The molecule has 3 aliphatic rings. The summed E-state index contributed by atoms with van der Waals surface area (Å²) in [6.45, 7) is 3.40. The van der Waals surface area contributed by atoms with Gasteiger partial charge in [-0.1, -0.05) is 48.5 Å². The van der Waals surface area contributed by atoms with E-state index in [2.05, 4.69) is 41.4 Å². The number of hydrogen-bond acceptors (Lipinski definition) is 2. The van der Waals surface area contributed by atoms with E-state index in [0.29, 0.717) is 0 Å². The standard InChI is InChI=1S/C24H27N2O/c27-24(21-10-13-25-22-9-5-4-8-20(21)22)23-16-18-11-14-26(23,15-12-18)17-19-6-2-1-3-7-19/h1-10,13,18,23-24,27H,11-12,14-17H2/q+1/t18?,23-,24+,26?/m1/s1. The van der Waals surface area contributed by atoms with Crippen molar-refractivity contribution >= 4 is 10.9 Å². The number of para-hydroxylation sites is 1. The molecule has 0 unspecified atom stereocenters. The molecule has 0 spiro atoms. The summed E-state index contributed by atoms with van der Waals surface area (Å²) in [6.07, 6.45) is 5.13. The van der Waals surface area contributed by atoms with Crippen LogP contribution in [0.15, 0.2) is 66.9 Å². The Hall–Kier alpha value is -2.23. The Morgan fingerprint density at radius 2 is 1.70 bits per heavy atom. The average Bonchev–Trinajstić information content (AvgIpc) is 2.74. The Kier molecular flexibility index (Phi) is 4.22. The second-order valence-corrected chi connectivity index (χ2v) is 8.42. The Morgan fingerprint density at radius 1 is 0.963 bits per heavy atom. The minimum absolute atomic E-state index is 0.267. The molecule has 3 fully saturated rings. The molecule has 138 valence electrons. The van der Waals surface area contributed by atoms with Crippen LogP contribution in [0.5, 0.6) is 0 Å². The first-order valence-corrected chi connectivity index (χ1v) is 10.2. The van der Waals surface area contributed by atoms with E-state index in [0.717, 1.165) is 39.8 Å². The largest absolute Gasteiger partial charge is 0.382 e. The molecule has 3 saturated heterocycles. The Bertz CT molecular complexity index is 926. The lowest BCUT2D eigenvalue weighted by Crippen LogP contribution is -2.65. The van der Waals surface area contributed by atoms with E-state index in [1.807, 2.05) is 30.5 Å². The zero-order valence-corrected chi connectivity index (χ0v) is 15.7. The van der Waals surface area contributed by atoms with Crippen LogP contribution in [0.3, 0.4) is 0 Å². The minimum atomic E-state index is -0.440. The lowest BCUT2D eigenvalue weighted by Gasteiger charge is -2.55. The third-order valence-corrected chi connectivity index (χ3v) is 6.95. The summed E-state index contributed by atoms with van der Waals surface area (Å²) in [4.78, 5) is 4.49. The van der Waals surface area contributed by atoms with Crippen LogP contribution in [0, 0.1) is 5.92 Å². The van der Waals surface area contributed by atoms with Crippen LogP contribution >= 0.6 is 0 Å². The molecule has 2 aromatic carbocycles. The normalized spacial score (nSPS) is 28.3. The van der Waals surface area contributed by atoms with Crippen molar-refractivity contribution in [2.45, 2.75) is 38.0 Å². The Balaban J connectivity index is 1.53. The van der Waals surface area contributed by atoms with E-state index in [-0.39, 0.29) is 6.04 Å². The molecular formula is C24H27N2O+. The van der Waals surface area contributed by atoms with E-state index < -0.39 is 6.10 Å². The molecule has 2 atom stereocenters. The Labute approximate surface area is 160 Å². The average molecular weight is 359 g/mol. The highest BCUT2D eigenvalue weighted by Gasteiger charge is 2.50. The number of nitrogens with zero attached hydrogens (tertiary/aromatic N) is 2. The molecule has 1 aromatic heterocycles. The summed E-state index contributed by atoms with van der Waals surface area (Å²) in [5, 5.41) is 12.7. The summed E-state index contributed by atoms with van der Waals surface area (Å²) >= 11 is 0. The smallest absolute Gasteiger partial charge is 0.131 e. The van der Waals surface area contributed by atoms with Gasteiger partial charge in [-0.3, -0.25) is 4.98 Å². The van der Waals surface area contributed by atoms with E-state index in [9.17, 15) is 5.11 Å². The lowest BCUT2D eigenvalue weighted by atomic mass is 9.76. The van der Waals surface area contributed by atoms with Crippen molar-refractivity contribution in [3.63, 3.8) is 0 Å². The molecule has 3 aromatic rings. The number of rotatable bonds is 4. The summed E-state index contributed by atoms with van der Waals surface area (Å²) < 4.78 is 1.03. The summed E-state index contributed by atoms with van der Waals surface area (Å²) in [7, 11) is 0. The second kappa shape index (κ2) is 6.74. The van der Waals surface area contributed by atoms with Gasteiger partial charge in [0, 0.05) is 23.6 Å². The number of benzene rings is 2. The molecule has 0 aliphatic carbocycles. The zero-order valence-electron chi connectivity index (χ0n) is 15.7. The maximum absolute atomic E-state index is 11.6. The fourth-order valence-electron chi connectivity index (χ4n) is 5.50. The van der Waals surface area contributed by atoms with Crippen molar-refractivity contribution in [1.29, 1.82) is 0 Å². The quantitative estimate of drug-likeness (QED) is 0.697. The number of aromatic nitrogens is 1. The fourth-order valence-corrected chi connectivity index (χ4v) is 5.50. The topological polar surface area (TPSA) is 33.1 Å². The van der Waals surface area contributed by atoms with Gasteiger partial charge in [0.05, 0.1) is 18.6 Å². The van der Waals surface area contributed by atoms with Crippen molar-refractivity contribution < 1.29 is 9.59 Å². The van der Waals surface area contributed by atoms with Gasteiger partial charge >= 0.3 is 0 Å². The third-order valence-electron chi connectivity index (χ3n) is 6.95. The van der Waals surface area contributed by atoms with Gasteiger partial charge in [-0.2, -0.15) is 0 Å². The van der Waals surface area contributed by atoms with Crippen molar-refractivity contribution in [2.24, 2.45) is 5.92 Å². The van der Waals surface area contributed by atoms with Crippen LogP contribution in [-0.4, -0.2) is 33.7 Å². The fraction of sp³-hybridized carbons (Fsp3) is 0.375. The van der Waals surface area contributed by atoms with Crippen molar-refractivity contribution in [3.8, 4) is 0 Å². The van der Waals surface area contributed by atoms with Gasteiger partial charge in [-0.05, 0) is 36.5 Å². The van der Waals surface area contributed by atoms with Gasteiger partial charge < -0.3 is 9.59 Å². The van der Waals surface area contributed by atoms with E-state index in [1.54, 1.807) is 0 Å². The predicted octanol–water partition coefficient (Wildman–Crippen LogP) is 4.47. The minimum Gasteiger partial charge on any atom is -0.382 e. The highest BCUT2D eigenvalue weighted by molar-refractivity contribution is 5.82. The van der Waals surface area contributed by atoms with Gasteiger partial charge in [0.2, 0.25) is 0 Å². The van der Waals surface area contributed by atoms with Crippen LogP contribution < -0.4 is 0 Å². The zero-order chi connectivity index (χ0) is 18.3. The van der Waals surface area contributed by atoms with Gasteiger partial charge in [0.15, 0.2) is 0 Å². The number of quaternary nitrogens is 1. The molecule has 3 aliphatic heterocycles. The van der Waals surface area contributed by atoms with E-state index >= 15 is 0 Å². The van der Waals surface area contributed by atoms with Crippen molar-refractivity contribution in [1.82, 2.24) is 4.98 Å². The molecule has 3 heteroatoms. The first kappa shape index (κ1) is 16.9. The molecule has 6 rings (SSSR count). The number of piperidine rings is 3. The lowest BCUT2D eigenvalue weighted by molar-refractivity contribution is -0.981. The molecule has 27 heavy (non-hydrogen) atoms. The monoisotopic (exact) mass is 359 g/mol. The Morgan fingerprint density at radius 3 is 2.52 bits per heavy atom. The first-order valence-electron chi connectivity index (χ1n) is 10.2. The van der Waals surface area contributed by atoms with Crippen LogP contribution in [-0.2, 0) is 6.54 Å². The van der Waals surface area contributed by atoms with Gasteiger partial charge in [0.1, 0.15) is 18.7 Å². The summed E-state index contributed by atoms with van der Waals surface area (Å²) in [6, 6.07) is 21.3. The third kappa shape index (κ3) is 2.95. The van der Waals surface area contributed by atoms with Crippen molar-refractivity contribution in [3.05, 3.63) is 78.0 Å². The summed E-state index contributed by atoms with van der Waals surface area (Å²) in [5.41, 5.74) is 3.40. The second-order valence-electron chi connectivity index (χ2n) is 8.42. The van der Waals surface area contributed by atoms with Gasteiger partial charge in [-0.25, -0.2) is 0 Å².